The van der Waals surface area contributed by atoms with Crippen molar-refractivity contribution in [3.63, 3.8) is 0 Å². The van der Waals surface area contributed by atoms with Crippen molar-refractivity contribution in [2.75, 3.05) is 0 Å². The Morgan fingerprint density at radius 1 is 1.12 bits per heavy atom. The van der Waals surface area contributed by atoms with E-state index < -0.39 is 23.3 Å². The van der Waals surface area contributed by atoms with Gasteiger partial charge in [-0.1, -0.05) is 27.2 Å². The van der Waals surface area contributed by atoms with Gasteiger partial charge in [-0.2, -0.15) is 0 Å². The number of amidine groups is 1. The summed E-state index contributed by atoms with van der Waals surface area (Å²) in [6.45, 7) is 5.62. The van der Waals surface area contributed by atoms with Crippen LogP contribution in [0.3, 0.4) is 0 Å². The Hall–Kier alpha value is -1.51. The predicted molar refractivity (Wildman–Crippen MR) is 79.7 cm³/mol. The van der Waals surface area contributed by atoms with Crippen molar-refractivity contribution < 1.29 is 53.8 Å². The summed E-state index contributed by atoms with van der Waals surface area (Å²) in [6.07, 6.45) is 4.41. The van der Waals surface area contributed by atoms with Crippen LogP contribution in [-0.4, -0.2) is 29.7 Å². The molecule has 0 saturated carbocycles. The number of amides is 4. The van der Waals surface area contributed by atoms with E-state index in [0.717, 1.165) is 12.8 Å². The first-order chi connectivity index (χ1) is 10.8. The number of nitrogens with one attached hydrogen (secondary N) is 2. The van der Waals surface area contributed by atoms with Crippen molar-refractivity contribution in [2.24, 2.45) is 16.3 Å². The van der Waals surface area contributed by atoms with E-state index in [2.05, 4.69) is 10.3 Å². The summed E-state index contributed by atoms with van der Waals surface area (Å²) >= 11 is 0. The normalized spacial score (nSPS) is 23.4. The van der Waals surface area contributed by atoms with Crippen molar-refractivity contribution in [1.82, 2.24) is 10.6 Å². The smallest absolute Gasteiger partial charge is 0.846 e. The first kappa shape index (κ1) is 22.5. The third-order valence-corrected chi connectivity index (χ3v) is 3.96. The van der Waals surface area contributed by atoms with Crippen LogP contribution in [0.4, 0.5) is 0 Å². The molecule has 2 rings (SSSR count). The average Bonchev–Trinajstić information content (AvgIpc) is 2.83. The maximum absolute atomic E-state index is 11.9. The van der Waals surface area contributed by atoms with Crippen molar-refractivity contribution in [2.45, 2.75) is 40.0 Å². The van der Waals surface area contributed by atoms with Gasteiger partial charge in [0.2, 0.25) is 5.91 Å². The molecule has 0 radical (unpaired) electrons. The Kier molecular flexibility index (Phi) is 9.09. The third kappa shape index (κ3) is 4.99. The molecule has 0 aromatic rings. The monoisotopic (exact) mass is 345 g/mol. The van der Waals surface area contributed by atoms with E-state index in [4.69, 9.17) is 0 Å². The van der Waals surface area contributed by atoms with Gasteiger partial charge >= 0.3 is 29.6 Å². The van der Waals surface area contributed by atoms with Gasteiger partial charge in [0.15, 0.2) is 0 Å². The van der Waals surface area contributed by atoms with Crippen LogP contribution in [0.25, 0.3) is 0 Å². The fourth-order valence-electron chi connectivity index (χ4n) is 2.66. The second kappa shape index (κ2) is 9.71. The van der Waals surface area contributed by atoms with Gasteiger partial charge in [-0.05, 0) is 18.8 Å². The van der Waals surface area contributed by atoms with Crippen molar-refractivity contribution >= 4 is 29.7 Å². The Bertz CT molecular complexity index is 572. The van der Waals surface area contributed by atoms with Crippen LogP contribution < -0.4 is 45.3 Å². The molecule has 0 fully saturated rings. The maximum atomic E-state index is 11.9. The Labute approximate surface area is 162 Å². The molecule has 2 unspecified atom stereocenters. The topological polar surface area (TPSA) is 128 Å². The van der Waals surface area contributed by atoms with Crippen LogP contribution in [0.2, 0.25) is 0 Å². The van der Waals surface area contributed by atoms with E-state index in [1.165, 1.54) is 12.2 Å². The Morgan fingerprint density at radius 2 is 1.67 bits per heavy atom. The molecular formula is C15H20N3NaO5. The maximum Gasteiger partial charge on any atom is 1.00 e. The van der Waals surface area contributed by atoms with Gasteiger partial charge in [0.25, 0.3) is 17.7 Å². The van der Waals surface area contributed by atoms with Crippen LogP contribution >= 0.6 is 0 Å². The van der Waals surface area contributed by atoms with E-state index in [9.17, 15) is 24.3 Å². The summed E-state index contributed by atoms with van der Waals surface area (Å²) in [6, 6.07) is -0.845. The molecule has 2 heterocycles. The molecule has 9 heteroatoms. The molecule has 2 aliphatic heterocycles. The number of aliphatic imine (C=N–C) groups is 1. The zero-order valence-corrected chi connectivity index (χ0v) is 16.3. The summed E-state index contributed by atoms with van der Waals surface area (Å²) in [5, 5.41) is 15.1. The van der Waals surface area contributed by atoms with E-state index in [0.29, 0.717) is 6.42 Å². The van der Waals surface area contributed by atoms with E-state index in [1.807, 2.05) is 19.2 Å². The van der Waals surface area contributed by atoms with Crippen molar-refractivity contribution in [1.29, 1.82) is 0 Å². The number of carbonyl (C=O) groups excluding carboxylic acids is 4. The molecule has 2 aliphatic rings. The summed E-state index contributed by atoms with van der Waals surface area (Å²) < 4.78 is 0. The fourth-order valence-corrected chi connectivity index (χ4v) is 2.66. The Morgan fingerprint density at radius 3 is 2.00 bits per heavy atom. The number of rotatable bonds is 4. The molecule has 2 atom stereocenters. The van der Waals surface area contributed by atoms with E-state index in [-0.39, 0.29) is 47.3 Å². The molecule has 4 amide bonds. The largest absolute Gasteiger partial charge is 1.00 e. The quantitative estimate of drug-likeness (QED) is 0.309. The van der Waals surface area contributed by atoms with E-state index >= 15 is 0 Å². The SMILES string of the molecule is CCCC(C)C1(CC)C(=O)N=C([O-])NC1=O.O=C1C=CC(=O)N1.[Na+]. The molecule has 0 spiro atoms. The molecule has 24 heavy (non-hydrogen) atoms. The first-order valence-electron chi connectivity index (χ1n) is 7.42. The molecule has 0 bridgehead atoms. The minimum atomic E-state index is -1.15. The van der Waals surface area contributed by atoms with Crippen LogP contribution in [0.15, 0.2) is 17.1 Å². The van der Waals surface area contributed by atoms with Gasteiger partial charge in [0.05, 0.1) is 6.02 Å². The number of carbonyl (C=O) groups is 4. The minimum absolute atomic E-state index is 0. The predicted octanol–water partition coefficient (Wildman–Crippen LogP) is -3.61. The average molecular weight is 345 g/mol. The van der Waals surface area contributed by atoms with Gasteiger partial charge in [0, 0.05) is 12.2 Å². The molecular weight excluding hydrogens is 325 g/mol. The van der Waals surface area contributed by atoms with Crippen LogP contribution in [0, 0.1) is 11.3 Å². The van der Waals surface area contributed by atoms with Crippen molar-refractivity contribution in [3.05, 3.63) is 12.2 Å². The molecule has 0 saturated heterocycles. The second-order valence-electron chi connectivity index (χ2n) is 5.38. The van der Waals surface area contributed by atoms with Crippen molar-refractivity contribution in [3.8, 4) is 0 Å². The van der Waals surface area contributed by atoms with Gasteiger partial charge < -0.3 is 10.4 Å². The first-order valence-corrected chi connectivity index (χ1v) is 7.42. The van der Waals surface area contributed by atoms with Crippen LogP contribution in [-0.2, 0) is 19.2 Å². The summed E-state index contributed by atoms with van der Waals surface area (Å²) in [4.78, 5) is 47.1. The standard InChI is InChI=1S/C11H18N2O3.C4H3NO2.Na/c1-4-6-7(3)11(5-2)8(14)12-10(16)13-9(11)15;6-3-1-2-4(7)5-3;/h7H,4-6H2,1-3H3,(H2,12,13,14,15,16);1-2H,(H,5,6,7);/q;;+1/p-1. The summed E-state index contributed by atoms with van der Waals surface area (Å²) in [7, 11) is 0. The molecule has 2 N–H and O–H groups in total. The minimum Gasteiger partial charge on any atom is -0.846 e. The molecule has 8 nitrogen and oxygen atoms in total. The third-order valence-electron chi connectivity index (χ3n) is 3.96. The van der Waals surface area contributed by atoms with Gasteiger partial charge in [0.1, 0.15) is 5.41 Å². The second-order valence-corrected chi connectivity index (χ2v) is 5.38. The van der Waals surface area contributed by atoms with Gasteiger partial charge in [-0.25, -0.2) is 4.99 Å². The van der Waals surface area contributed by atoms with Crippen LogP contribution in [0.5, 0.6) is 0 Å². The summed E-state index contributed by atoms with van der Waals surface area (Å²) in [5.41, 5.74) is -1.15. The Balaban J connectivity index is 0.000000555. The number of nitrogens with zero attached hydrogens (tertiary/aromatic N) is 1. The molecule has 0 aliphatic carbocycles. The molecule has 0 aromatic carbocycles. The molecule has 0 aromatic heterocycles. The number of imide groups is 1. The zero-order valence-electron chi connectivity index (χ0n) is 14.3. The van der Waals surface area contributed by atoms with Gasteiger partial charge in [-0.15, -0.1) is 0 Å². The number of hydrogen-bond donors (Lipinski definition) is 2. The zero-order chi connectivity index (χ0) is 17.6. The van der Waals surface area contributed by atoms with Gasteiger partial charge in [-0.3, -0.25) is 24.5 Å². The fraction of sp³-hybridized carbons (Fsp3) is 0.533. The van der Waals surface area contributed by atoms with Crippen LogP contribution in [0.1, 0.15) is 40.0 Å². The number of hydrogen-bond acceptors (Lipinski definition) is 5. The molecule has 126 valence electrons. The summed E-state index contributed by atoms with van der Waals surface area (Å²) in [5.74, 6) is -1.85. The van der Waals surface area contributed by atoms with E-state index in [1.54, 1.807) is 6.92 Å².